The SMILES string of the molecule is O=C1CCc2cc(CCCN3CCN(c4cccc5sccc45)CC3)cc(F)c2N1. The second-order valence-corrected chi connectivity index (χ2v) is 9.15. The highest BCUT2D eigenvalue weighted by Gasteiger charge is 2.20. The molecule has 1 fully saturated rings. The number of fused-ring (bicyclic) bond motifs is 2. The van der Waals surface area contributed by atoms with Crippen LogP contribution in [0.25, 0.3) is 10.1 Å². The van der Waals surface area contributed by atoms with Crippen molar-refractivity contribution in [2.24, 2.45) is 0 Å². The molecule has 1 amide bonds. The summed E-state index contributed by atoms with van der Waals surface area (Å²) in [5.74, 6) is -0.393. The van der Waals surface area contributed by atoms with E-state index < -0.39 is 0 Å². The summed E-state index contributed by atoms with van der Waals surface area (Å²) in [5, 5.41) is 6.20. The number of nitrogens with zero attached hydrogens (tertiary/aromatic N) is 2. The van der Waals surface area contributed by atoms with Gasteiger partial charge < -0.3 is 10.2 Å². The summed E-state index contributed by atoms with van der Waals surface area (Å²) < 4.78 is 15.7. The van der Waals surface area contributed by atoms with Crippen molar-refractivity contribution in [1.82, 2.24) is 4.90 Å². The Morgan fingerprint density at radius 1 is 1.07 bits per heavy atom. The van der Waals surface area contributed by atoms with Gasteiger partial charge in [-0.05, 0) is 66.6 Å². The molecule has 4 nitrogen and oxygen atoms in total. The second-order valence-electron chi connectivity index (χ2n) is 8.20. The van der Waals surface area contributed by atoms with Crippen LogP contribution in [0.1, 0.15) is 24.0 Å². The summed E-state index contributed by atoms with van der Waals surface area (Å²) in [5.41, 5.74) is 3.70. The fraction of sp³-hybridized carbons (Fsp3) is 0.375. The maximum Gasteiger partial charge on any atom is 0.224 e. The maximum atomic E-state index is 14.3. The molecule has 0 spiro atoms. The number of hydrogen-bond donors (Lipinski definition) is 1. The third-order valence-corrected chi connectivity index (χ3v) is 7.13. The van der Waals surface area contributed by atoms with Gasteiger partial charge in [0.05, 0.1) is 5.69 Å². The average Bonchev–Trinajstić information content (AvgIpc) is 3.24. The van der Waals surface area contributed by atoms with E-state index in [9.17, 15) is 9.18 Å². The first-order valence-electron chi connectivity index (χ1n) is 10.7. The quantitative estimate of drug-likeness (QED) is 0.647. The molecule has 0 radical (unpaired) electrons. The molecule has 0 unspecified atom stereocenters. The van der Waals surface area contributed by atoms with Gasteiger partial charge in [-0.1, -0.05) is 12.1 Å². The van der Waals surface area contributed by atoms with Gasteiger partial charge in [-0.15, -0.1) is 11.3 Å². The van der Waals surface area contributed by atoms with E-state index >= 15 is 0 Å². The number of halogens is 1. The fourth-order valence-electron chi connectivity index (χ4n) is 4.63. The number of hydrogen-bond acceptors (Lipinski definition) is 4. The van der Waals surface area contributed by atoms with Crippen molar-refractivity contribution in [3.63, 3.8) is 0 Å². The molecule has 6 heteroatoms. The molecule has 156 valence electrons. The minimum Gasteiger partial charge on any atom is -0.368 e. The Morgan fingerprint density at radius 3 is 2.80 bits per heavy atom. The Kier molecular flexibility index (Phi) is 5.44. The second kappa shape index (κ2) is 8.36. The minimum absolute atomic E-state index is 0.0940. The normalized spacial score (nSPS) is 17.2. The van der Waals surface area contributed by atoms with Crippen LogP contribution < -0.4 is 10.2 Å². The highest BCUT2D eigenvalue weighted by molar-refractivity contribution is 7.17. The molecule has 3 heterocycles. The summed E-state index contributed by atoms with van der Waals surface area (Å²) in [6, 6.07) is 12.5. The van der Waals surface area contributed by atoms with Gasteiger partial charge in [0.15, 0.2) is 0 Å². The lowest BCUT2D eigenvalue weighted by Crippen LogP contribution is -2.46. The van der Waals surface area contributed by atoms with Crippen LogP contribution in [0.4, 0.5) is 15.8 Å². The van der Waals surface area contributed by atoms with E-state index in [-0.39, 0.29) is 11.7 Å². The molecular formula is C24H26FN3OS. The predicted octanol–water partition coefficient (Wildman–Crippen LogP) is 4.68. The molecular weight excluding hydrogens is 397 g/mol. The monoisotopic (exact) mass is 423 g/mol. The van der Waals surface area contributed by atoms with Crippen molar-refractivity contribution in [1.29, 1.82) is 0 Å². The highest BCUT2D eigenvalue weighted by atomic mass is 32.1. The number of piperazine rings is 1. The number of thiophene rings is 1. The van der Waals surface area contributed by atoms with Crippen LogP contribution in [0.3, 0.4) is 0 Å². The molecule has 2 aliphatic heterocycles. The Morgan fingerprint density at radius 2 is 1.93 bits per heavy atom. The maximum absolute atomic E-state index is 14.3. The molecule has 0 aliphatic carbocycles. The van der Waals surface area contributed by atoms with Crippen molar-refractivity contribution in [2.75, 3.05) is 42.9 Å². The zero-order valence-corrected chi connectivity index (χ0v) is 17.8. The molecule has 0 saturated carbocycles. The molecule has 2 aromatic carbocycles. The van der Waals surface area contributed by atoms with Gasteiger partial charge in [-0.25, -0.2) is 4.39 Å². The van der Waals surface area contributed by atoms with E-state index in [4.69, 9.17) is 0 Å². The van der Waals surface area contributed by atoms with Gasteiger partial charge in [0.25, 0.3) is 0 Å². The number of nitrogens with one attached hydrogen (secondary N) is 1. The standard InChI is InChI=1S/C24H26FN3OS/c25-20-16-17(15-18-6-7-23(29)26-24(18)20)3-2-9-27-10-12-28(13-11-27)21-4-1-5-22-19(21)8-14-30-22/h1,4-5,8,14-16H,2-3,6-7,9-13H2,(H,26,29). The summed E-state index contributed by atoms with van der Waals surface area (Å²) in [7, 11) is 0. The molecule has 1 N–H and O–H groups in total. The molecule has 2 aliphatic rings. The zero-order valence-electron chi connectivity index (χ0n) is 17.0. The zero-order chi connectivity index (χ0) is 20.5. The minimum atomic E-state index is -0.299. The molecule has 0 bridgehead atoms. The summed E-state index contributed by atoms with van der Waals surface area (Å²) in [6.07, 6.45) is 2.96. The lowest BCUT2D eigenvalue weighted by molar-refractivity contribution is -0.116. The highest BCUT2D eigenvalue weighted by Crippen LogP contribution is 2.31. The van der Waals surface area contributed by atoms with Gasteiger partial charge in [0.1, 0.15) is 5.82 Å². The van der Waals surface area contributed by atoms with E-state index in [1.807, 2.05) is 0 Å². The Balaban J connectivity index is 1.14. The molecule has 1 saturated heterocycles. The van der Waals surface area contributed by atoms with Crippen molar-refractivity contribution in [3.8, 4) is 0 Å². The smallest absolute Gasteiger partial charge is 0.224 e. The number of anilines is 2. The van der Waals surface area contributed by atoms with E-state index in [1.165, 1.54) is 15.8 Å². The van der Waals surface area contributed by atoms with Gasteiger partial charge in [0, 0.05) is 48.4 Å². The predicted molar refractivity (Wildman–Crippen MR) is 122 cm³/mol. The van der Waals surface area contributed by atoms with Crippen molar-refractivity contribution in [3.05, 3.63) is 58.7 Å². The van der Waals surface area contributed by atoms with Crippen LogP contribution in [0.5, 0.6) is 0 Å². The largest absolute Gasteiger partial charge is 0.368 e. The number of carbonyl (C=O) groups excluding carboxylic acids is 1. The van der Waals surface area contributed by atoms with Crippen LogP contribution in [0.2, 0.25) is 0 Å². The first-order valence-corrected chi connectivity index (χ1v) is 11.6. The first-order chi connectivity index (χ1) is 14.7. The molecule has 5 rings (SSSR count). The van der Waals surface area contributed by atoms with Crippen LogP contribution in [-0.4, -0.2) is 43.5 Å². The van der Waals surface area contributed by atoms with Crippen LogP contribution >= 0.6 is 11.3 Å². The summed E-state index contributed by atoms with van der Waals surface area (Å²) in [6.45, 7) is 5.24. The summed E-state index contributed by atoms with van der Waals surface area (Å²) >= 11 is 1.80. The lowest BCUT2D eigenvalue weighted by atomic mass is 9.98. The van der Waals surface area contributed by atoms with E-state index in [0.29, 0.717) is 18.5 Å². The molecule has 3 aromatic rings. The van der Waals surface area contributed by atoms with Crippen molar-refractivity contribution in [2.45, 2.75) is 25.7 Å². The van der Waals surface area contributed by atoms with Crippen molar-refractivity contribution < 1.29 is 9.18 Å². The fourth-order valence-corrected chi connectivity index (χ4v) is 5.44. The van der Waals surface area contributed by atoms with Gasteiger partial charge in [-0.3, -0.25) is 9.69 Å². The summed E-state index contributed by atoms with van der Waals surface area (Å²) in [4.78, 5) is 16.5. The number of amides is 1. The number of carbonyl (C=O) groups is 1. The van der Waals surface area contributed by atoms with Crippen LogP contribution in [0, 0.1) is 5.82 Å². The van der Waals surface area contributed by atoms with Crippen molar-refractivity contribution >= 4 is 38.7 Å². The number of benzene rings is 2. The lowest BCUT2D eigenvalue weighted by Gasteiger charge is -2.36. The first kappa shape index (κ1) is 19.5. The number of aryl methyl sites for hydroxylation is 2. The van der Waals surface area contributed by atoms with Gasteiger partial charge in [0.2, 0.25) is 5.91 Å². The molecule has 30 heavy (non-hydrogen) atoms. The Bertz CT molecular complexity index is 1070. The number of rotatable bonds is 5. The third-order valence-electron chi connectivity index (χ3n) is 6.24. The van der Waals surface area contributed by atoms with Gasteiger partial charge >= 0.3 is 0 Å². The molecule has 0 atom stereocenters. The topological polar surface area (TPSA) is 35.6 Å². The van der Waals surface area contributed by atoms with Crippen LogP contribution in [0.15, 0.2) is 41.8 Å². The van der Waals surface area contributed by atoms with Crippen LogP contribution in [-0.2, 0) is 17.6 Å². The van der Waals surface area contributed by atoms with E-state index in [2.05, 4.69) is 50.8 Å². The van der Waals surface area contributed by atoms with Gasteiger partial charge in [-0.2, -0.15) is 0 Å². The third kappa shape index (κ3) is 3.94. The Hall–Kier alpha value is -2.44. The Labute approximate surface area is 180 Å². The van der Waals surface area contributed by atoms with E-state index in [1.54, 1.807) is 17.4 Å². The van der Waals surface area contributed by atoms with E-state index in [0.717, 1.165) is 56.7 Å². The average molecular weight is 424 g/mol. The molecule has 1 aromatic heterocycles.